The summed E-state index contributed by atoms with van der Waals surface area (Å²) in [4.78, 5) is 24.7. The molecule has 2 rings (SSSR count). The number of carboxylic acids is 1. The van der Waals surface area contributed by atoms with Crippen LogP contribution in [0.1, 0.15) is 45.4 Å². The number of carbonyl (C=O) groups excluding carboxylic acids is 1. The fourth-order valence-corrected chi connectivity index (χ4v) is 2.87. The minimum absolute atomic E-state index is 0.0341. The van der Waals surface area contributed by atoms with Crippen LogP contribution in [0.25, 0.3) is 0 Å². The van der Waals surface area contributed by atoms with E-state index < -0.39 is 5.97 Å². The molecule has 102 valence electrons. The van der Waals surface area contributed by atoms with Crippen molar-refractivity contribution in [2.24, 2.45) is 5.92 Å². The van der Waals surface area contributed by atoms with E-state index in [0.717, 1.165) is 32.2 Å². The van der Waals surface area contributed by atoms with Crippen LogP contribution < -0.4 is 5.32 Å². The molecular weight excluding hydrogens is 232 g/mol. The molecule has 0 bridgehead atoms. The normalized spacial score (nSPS) is 31.6. The standard InChI is InChI=1S/C13H22N2O3/c1-2-11-7-8-15(11)13(18)14-10-5-3-9(4-6-10)12(16)17/h9-11H,2-8H2,1H3,(H,14,18)(H,16,17). The SMILES string of the molecule is CCC1CCN1C(=O)NC1CCC(C(=O)O)CC1. The number of hydrogen-bond donors (Lipinski definition) is 2. The molecule has 1 atom stereocenters. The van der Waals surface area contributed by atoms with E-state index in [-0.39, 0.29) is 18.0 Å². The van der Waals surface area contributed by atoms with E-state index >= 15 is 0 Å². The number of nitrogens with one attached hydrogen (secondary N) is 1. The van der Waals surface area contributed by atoms with Crippen LogP contribution in [-0.4, -0.2) is 40.6 Å². The van der Waals surface area contributed by atoms with Crippen molar-refractivity contribution >= 4 is 12.0 Å². The predicted octanol–water partition coefficient (Wildman–Crippen LogP) is 1.82. The average molecular weight is 254 g/mol. The second-order valence-electron chi connectivity index (χ2n) is 5.38. The third-order valence-corrected chi connectivity index (χ3v) is 4.28. The summed E-state index contributed by atoms with van der Waals surface area (Å²) in [5, 5.41) is 12.0. The maximum atomic E-state index is 12.0. The Labute approximate surface area is 108 Å². The molecule has 5 nitrogen and oxygen atoms in total. The first-order chi connectivity index (χ1) is 8.61. The van der Waals surface area contributed by atoms with Crippen LogP contribution in [0.5, 0.6) is 0 Å². The van der Waals surface area contributed by atoms with Gasteiger partial charge in [-0.3, -0.25) is 4.79 Å². The van der Waals surface area contributed by atoms with Crippen LogP contribution in [0.4, 0.5) is 4.79 Å². The summed E-state index contributed by atoms with van der Waals surface area (Å²) in [6, 6.07) is 0.596. The summed E-state index contributed by atoms with van der Waals surface area (Å²) >= 11 is 0. The molecule has 0 aromatic carbocycles. The number of aliphatic carboxylic acids is 1. The molecule has 1 aliphatic heterocycles. The maximum Gasteiger partial charge on any atom is 0.317 e. The van der Waals surface area contributed by atoms with E-state index in [1.54, 1.807) is 0 Å². The fourth-order valence-electron chi connectivity index (χ4n) is 2.87. The molecule has 0 aromatic heterocycles. The van der Waals surface area contributed by atoms with E-state index in [2.05, 4.69) is 12.2 Å². The Balaban J connectivity index is 1.74. The first-order valence-corrected chi connectivity index (χ1v) is 6.91. The van der Waals surface area contributed by atoms with Crippen molar-refractivity contribution in [1.29, 1.82) is 0 Å². The molecule has 2 aliphatic rings. The van der Waals surface area contributed by atoms with E-state index in [1.807, 2.05) is 4.90 Å². The Morgan fingerprint density at radius 1 is 1.22 bits per heavy atom. The molecule has 18 heavy (non-hydrogen) atoms. The summed E-state index contributed by atoms with van der Waals surface area (Å²) in [6.07, 6.45) is 5.05. The summed E-state index contributed by atoms with van der Waals surface area (Å²) in [6.45, 7) is 2.96. The van der Waals surface area contributed by atoms with Gasteiger partial charge in [0.15, 0.2) is 0 Å². The van der Waals surface area contributed by atoms with Gasteiger partial charge in [-0.15, -0.1) is 0 Å². The average Bonchev–Trinajstić information content (AvgIpc) is 2.28. The van der Waals surface area contributed by atoms with Crippen LogP contribution in [-0.2, 0) is 4.79 Å². The highest BCUT2D eigenvalue weighted by Gasteiger charge is 2.33. The lowest BCUT2D eigenvalue weighted by Crippen LogP contribution is -2.56. The first kappa shape index (κ1) is 13.2. The van der Waals surface area contributed by atoms with Crippen molar-refractivity contribution in [2.45, 2.75) is 57.5 Å². The monoisotopic (exact) mass is 254 g/mol. The van der Waals surface area contributed by atoms with Gasteiger partial charge in [-0.25, -0.2) is 4.79 Å². The number of amides is 2. The van der Waals surface area contributed by atoms with Crippen LogP contribution in [0.2, 0.25) is 0 Å². The van der Waals surface area contributed by atoms with Crippen LogP contribution in [0.3, 0.4) is 0 Å². The molecule has 2 fully saturated rings. The van der Waals surface area contributed by atoms with Crippen LogP contribution >= 0.6 is 0 Å². The van der Waals surface area contributed by atoms with E-state index in [9.17, 15) is 9.59 Å². The topological polar surface area (TPSA) is 69.6 Å². The minimum atomic E-state index is -0.700. The van der Waals surface area contributed by atoms with Crippen molar-refractivity contribution in [1.82, 2.24) is 10.2 Å². The number of likely N-dealkylation sites (tertiary alicyclic amines) is 1. The Morgan fingerprint density at radius 3 is 2.33 bits per heavy atom. The van der Waals surface area contributed by atoms with Gasteiger partial charge in [-0.1, -0.05) is 6.92 Å². The van der Waals surface area contributed by atoms with E-state index in [4.69, 9.17) is 5.11 Å². The molecule has 1 aliphatic carbocycles. The zero-order valence-corrected chi connectivity index (χ0v) is 10.9. The lowest BCUT2D eigenvalue weighted by Gasteiger charge is -2.41. The van der Waals surface area contributed by atoms with Gasteiger partial charge in [0.1, 0.15) is 0 Å². The highest BCUT2D eigenvalue weighted by atomic mass is 16.4. The van der Waals surface area contributed by atoms with Gasteiger partial charge in [0.25, 0.3) is 0 Å². The van der Waals surface area contributed by atoms with Crippen molar-refractivity contribution in [3.05, 3.63) is 0 Å². The molecule has 0 radical (unpaired) electrons. The zero-order valence-electron chi connectivity index (χ0n) is 10.9. The predicted molar refractivity (Wildman–Crippen MR) is 67.3 cm³/mol. The second kappa shape index (κ2) is 5.59. The molecule has 0 spiro atoms. The van der Waals surface area contributed by atoms with Crippen molar-refractivity contribution < 1.29 is 14.7 Å². The number of urea groups is 1. The summed E-state index contributed by atoms with van der Waals surface area (Å²) in [5.41, 5.74) is 0. The smallest absolute Gasteiger partial charge is 0.317 e. The number of hydrogen-bond acceptors (Lipinski definition) is 2. The van der Waals surface area contributed by atoms with Gasteiger partial charge in [-0.2, -0.15) is 0 Å². The molecule has 1 unspecified atom stereocenters. The molecular formula is C13H22N2O3. The lowest BCUT2D eigenvalue weighted by molar-refractivity contribution is -0.142. The third kappa shape index (κ3) is 2.76. The third-order valence-electron chi connectivity index (χ3n) is 4.28. The lowest BCUT2D eigenvalue weighted by atomic mass is 9.86. The Morgan fingerprint density at radius 2 is 1.89 bits per heavy atom. The Bertz CT molecular complexity index is 322. The Kier molecular flexibility index (Phi) is 4.09. The van der Waals surface area contributed by atoms with Gasteiger partial charge in [0.05, 0.1) is 5.92 Å². The summed E-state index contributed by atoms with van der Waals surface area (Å²) < 4.78 is 0. The van der Waals surface area contributed by atoms with Crippen molar-refractivity contribution in [2.75, 3.05) is 6.54 Å². The quantitative estimate of drug-likeness (QED) is 0.807. The molecule has 5 heteroatoms. The van der Waals surface area contributed by atoms with Gasteiger partial charge in [0, 0.05) is 18.6 Å². The molecule has 1 saturated carbocycles. The van der Waals surface area contributed by atoms with Gasteiger partial charge in [-0.05, 0) is 38.5 Å². The molecule has 1 heterocycles. The molecule has 0 aromatic rings. The highest BCUT2D eigenvalue weighted by Crippen LogP contribution is 2.25. The number of carboxylic acid groups (broad SMARTS) is 1. The number of carbonyl (C=O) groups is 2. The van der Waals surface area contributed by atoms with Gasteiger partial charge in [0.2, 0.25) is 0 Å². The van der Waals surface area contributed by atoms with Crippen molar-refractivity contribution in [3.63, 3.8) is 0 Å². The highest BCUT2D eigenvalue weighted by molar-refractivity contribution is 5.76. The minimum Gasteiger partial charge on any atom is -0.481 e. The van der Waals surface area contributed by atoms with E-state index in [1.165, 1.54) is 0 Å². The number of rotatable bonds is 3. The molecule has 2 amide bonds. The summed E-state index contributed by atoms with van der Waals surface area (Å²) in [5.74, 6) is -0.917. The largest absolute Gasteiger partial charge is 0.481 e. The molecule has 2 N–H and O–H groups in total. The van der Waals surface area contributed by atoms with Crippen molar-refractivity contribution in [3.8, 4) is 0 Å². The molecule has 1 saturated heterocycles. The maximum absolute atomic E-state index is 12.0. The van der Waals surface area contributed by atoms with Gasteiger partial charge < -0.3 is 15.3 Å². The first-order valence-electron chi connectivity index (χ1n) is 6.91. The fraction of sp³-hybridized carbons (Fsp3) is 0.846. The van der Waals surface area contributed by atoms with Crippen LogP contribution in [0, 0.1) is 5.92 Å². The van der Waals surface area contributed by atoms with E-state index in [0.29, 0.717) is 18.9 Å². The van der Waals surface area contributed by atoms with Crippen LogP contribution in [0.15, 0.2) is 0 Å². The zero-order chi connectivity index (χ0) is 13.1. The van der Waals surface area contributed by atoms with Gasteiger partial charge >= 0.3 is 12.0 Å². The number of nitrogens with zero attached hydrogens (tertiary/aromatic N) is 1. The second-order valence-corrected chi connectivity index (χ2v) is 5.38. The summed E-state index contributed by atoms with van der Waals surface area (Å²) in [7, 11) is 0. The Hall–Kier alpha value is -1.26.